The SMILES string of the molecule is CCCCCCCCn1c(-c2cccc(CO)n2)nc2ccc(F)cc21. The highest BCUT2D eigenvalue weighted by Gasteiger charge is 2.14. The zero-order valence-corrected chi connectivity index (χ0v) is 15.3. The lowest BCUT2D eigenvalue weighted by molar-refractivity contribution is 0.277. The maximum atomic E-state index is 13.8. The van der Waals surface area contributed by atoms with E-state index < -0.39 is 0 Å². The Morgan fingerprint density at radius 1 is 1.00 bits per heavy atom. The summed E-state index contributed by atoms with van der Waals surface area (Å²) in [6.45, 7) is 2.89. The van der Waals surface area contributed by atoms with Gasteiger partial charge in [0.25, 0.3) is 0 Å². The number of halogens is 1. The summed E-state index contributed by atoms with van der Waals surface area (Å²) in [6.07, 6.45) is 7.19. The van der Waals surface area contributed by atoms with Crippen molar-refractivity contribution in [1.82, 2.24) is 14.5 Å². The van der Waals surface area contributed by atoms with E-state index in [0.717, 1.165) is 36.2 Å². The molecule has 0 spiro atoms. The molecular weight excluding hydrogens is 329 g/mol. The van der Waals surface area contributed by atoms with Gasteiger partial charge in [-0.15, -0.1) is 0 Å². The summed E-state index contributed by atoms with van der Waals surface area (Å²) in [5.41, 5.74) is 2.87. The molecule has 0 atom stereocenters. The number of hydrogen-bond acceptors (Lipinski definition) is 3. The van der Waals surface area contributed by atoms with E-state index in [0.29, 0.717) is 11.4 Å². The number of aliphatic hydroxyl groups is 1. The highest BCUT2D eigenvalue weighted by molar-refractivity contribution is 5.80. The Balaban J connectivity index is 1.89. The summed E-state index contributed by atoms with van der Waals surface area (Å²) >= 11 is 0. The van der Waals surface area contributed by atoms with Crippen molar-refractivity contribution < 1.29 is 9.50 Å². The van der Waals surface area contributed by atoms with Gasteiger partial charge in [0, 0.05) is 6.54 Å². The predicted molar refractivity (Wildman–Crippen MR) is 102 cm³/mol. The predicted octanol–water partition coefficient (Wildman–Crippen LogP) is 5.09. The van der Waals surface area contributed by atoms with Crippen molar-refractivity contribution in [3.05, 3.63) is 47.9 Å². The maximum Gasteiger partial charge on any atom is 0.159 e. The molecule has 0 fully saturated rings. The van der Waals surface area contributed by atoms with Crippen LogP contribution in [0.5, 0.6) is 0 Å². The van der Waals surface area contributed by atoms with Crippen LogP contribution in [-0.2, 0) is 13.2 Å². The van der Waals surface area contributed by atoms with Crippen molar-refractivity contribution in [3.8, 4) is 11.5 Å². The highest BCUT2D eigenvalue weighted by Crippen LogP contribution is 2.25. The van der Waals surface area contributed by atoms with E-state index in [9.17, 15) is 9.50 Å². The molecular formula is C21H26FN3O. The fraction of sp³-hybridized carbons (Fsp3) is 0.429. The van der Waals surface area contributed by atoms with Gasteiger partial charge in [0.1, 0.15) is 11.5 Å². The summed E-state index contributed by atoms with van der Waals surface area (Å²) in [5.74, 6) is 0.472. The van der Waals surface area contributed by atoms with Gasteiger partial charge in [0.2, 0.25) is 0 Å². The molecule has 1 N–H and O–H groups in total. The number of aryl methyl sites for hydroxylation is 1. The van der Waals surface area contributed by atoms with Gasteiger partial charge >= 0.3 is 0 Å². The van der Waals surface area contributed by atoms with Crippen LogP contribution >= 0.6 is 0 Å². The number of rotatable bonds is 9. The first-order valence-corrected chi connectivity index (χ1v) is 9.46. The standard InChI is InChI=1S/C21H26FN3O/c1-2-3-4-5-6-7-13-25-20-14-16(22)11-12-18(20)24-21(25)19-10-8-9-17(15-26)23-19/h8-12,14,26H,2-7,13,15H2,1H3. The monoisotopic (exact) mass is 355 g/mol. The van der Waals surface area contributed by atoms with Gasteiger partial charge in [-0.3, -0.25) is 0 Å². The molecule has 0 saturated carbocycles. The highest BCUT2D eigenvalue weighted by atomic mass is 19.1. The molecule has 2 aromatic heterocycles. The van der Waals surface area contributed by atoms with E-state index in [1.807, 2.05) is 12.1 Å². The molecule has 138 valence electrons. The van der Waals surface area contributed by atoms with Crippen molar-refractivity contribution in [2.24, 2.45) is 0 Å². The molecule has 0 radical (unpaired) electrons. The van der Waals surface area contributed by atoms with Crippen LogP contribution in [0.3, 0.4) is 0 Å². The third kappa shape index (κ3) is 4.28. The number of unbranched alkanes of at least 4 members (excludes halogenated alkanes) is 5. The molecule has 5 heteroatoms. The normalized spacial score (nSPS) is 11.3. The largest absolute Gasteiger partial charge is 0.390 e. The topological polar surface area (TPSA) is 50.9 Å². The minimum Gasteiger partial charge on any atom is -0.390 e. The van der Waals surface area contributed by atoms with Gasteiger partial charge in [0.15, 0.2) is 5.82 Å². The molecule has 4 nitrogen and oxygen atoms in total. The first-order valence-electron chi connectivity index (χ1n) is 9.46. The van der Waals surface area contributed by atoms with Crippen LogP contribution in [0.15, 0.2) is 36.4 Å². The van der Waals surface area contributed by atoms with Gasteiger partial charge in [0.05, 0.1) is 23.3 Å². The van der Waals surface area contributed by atoms with Crippen LogP contribution in [0.1, 0.15) is 51.1 Å². The zero-order chi connectivity index (χ0) is 18.4. The molecule has 3 aromatic rings. The van der Waals surface area contributed by atoms with Crippen LogP contribution < -0.4 is 0 Å². The van der Waals surface area contributed by atoms with Gasteiger partial charge in [-0.25, -0.2) is 14.4 Å². The Labute approximate surface area is 153 Å². The first-order chi connectivity index (χ1) is 12.7. The van der Waals surface area contributed by atoms with E-state index >= 15 is 0 Å². The van der Waals surface area contributed by atoms with Crippen LogP contribution in [0.4, 0.5) is 4.39 Å². The average Bonchev–Trinajstić information content (AvgIpc) is 3.02. The zero-order valence-electron chi connectivity index (χ0n) is 15.3. The number of imidazole rings is 1. The van der Waals surface area contributed by atoms with Crippen molar-refractivity contribution in [1.29, 1.82) is 0 Å². The minimum atomic E-state index is -0.259. The molecule has 0 bridgehead atoms. The Morgan fingerprint density at radius 2 is 1.81 bits per heavy atom. The van der Waals surface area contributed by atoms with Crippen molar-refractivity contribution in [2.45, 2.75) is 58.6 Å². The van der Waals surface area contributed by atoms with Crippen molar-refractivity contribution >= 4 is 11.0 Å². The van der Waals surface area contributed by atoms with Gasteiger partial charge < -0.3 is 9.67 Å². The number of pyridine rings is 1. The van der Waals surface area contributed by atoms with Crippen LogP contribution in [0.2, 0.25) is 0 Å². The number of hydrogen-bond donors (Lipinski definition) is 1. The fourth-order valence-electron chi connectivity index (χ4n) is 3.26. The van der Waals surface area contributed by atoms with Gasteiger partial charge in [-0.2, -0.15) is 0 Å². The average molecular weight is 355 g/mol. The second kappa shape index (κ2) is 8.90. The molecule has 0 aliphatic carbocycles. The quantitative estimate of drug-likeness (QED) is 0.544. The number of aliphatic hydroxyl groups excluding tert-OH is 1. The van der Waals surface area contributed by atoms with E-state index in [4.69, 9.17) is 0 Å². The molecule has 0 aliphatic rings. The van der Waals surface area contributed by atoms with Crippen molar-refractivity contribution in [3.63, 3.8) is 0 Å². The van der Waals surface area contributed by atoms with E-state index in [2.05, 4.69) is 21.5 Å². The molecule has 1 aromatic carbocycles. The molecule has 0 amide bonds. The van der Waals surface area contributed by atoms with Crippen molar-refractivity contribution in [2.75, 3.05) is 0 Å². The summed E-state index contributed by atoms with van der Waals surface area (Å²) in [5, 5.41) is 9.36. The lowest BCUT2D eigenvalue weighted by Gasteiger charge is -2.10. The third-order valence-electron chi connectivity index (χ3n) is 4.64. The van der Waals surface area contributed by atoms with Gasteiger partial charge in [-0.05, 0) is 36.8 Å². The van der Waals surface area contributed by atoms with E-state index in [-0.39, 0.29) is 12.4 Å². The molecule has 0 saturated heterocycles. The molecule has 0 unspecified atom stereocenters. The fourth-order valence-corrected chi connectivity index (χ4v) is 3.26. The molecule has 0 aliphatic heterocycles. The molecule has 26 heavy (non-hydrogen) atoms. The summed E-state index contributed by atoms with van der Waals surface area (Å²) in [7, 11) is 0. The second-order valence-corrected chi connectivity index (χ2v) is 6.66. The number of benzene rings is 1. The number of fused-ring (bicyclic) bond motifs is 1. The lowest BCUT2D eigenvalue weighted by Crippen LogP contribution is -2.03. The minimum absolute atomic E-state index is 0.111. The summed E-state index contributed by atoms with van der Waals surface area (Å²) in [4.78, 5) is 9.16. The molecule has 2 heterocycles. The molecule has 3 rings (SSSR count). The first kappa shape index (κ1) is 18.5. The Morgan fingerprint density at radius 3 is 2.62 bits per heavy atom. The van der Waals surface area contributed by atoms with Crippen LogP contribution in [0, 0.1) is 5.82 Å². The summed E-state index contributed by atoms with van der Waals surface area (Å²) in [6, 6.07) is 10.2. The Bertz CT molecular complexity index is 860. The Kier molecular flexibility index (Phi) is 6.34. The smallest absolute Gasteiger partial charge is 0.159 e. The number of nitrogens with zero attached hydrogens (tertiary/aromatic N) is 3. The summed E-state index contributed by atoms with van der Waals surface area (Å²) < 4.78 is 15.8. The van der Waals surface area contributed by atoms with Gasteiger partial charge in [-0.1, -0.05) is 45.1 Å². The number of aromatic nitrogens is 3. The lowest BCUT2D eigenvalue weighted by atomic mass is 10.1. The Hall–Kier alpha value is -2.27. The van der Waals surface area contributed by atoms with Crippen LogP contribution in [0.25, 0.3) is 22.6 Å². The second-order valence-electron chi connectivity index (χ2n) is 6.66. The maximum absolute atomic E-state index is 13.8. The van der Waals surface area contributed by atoms with E-state index in [1.165, 1.54) is 31.7 Å². The van der Waals surface area contributed by atoms with E-state index in [1.54, 1.807) is 18.2 Å². The third-order valence-corrected chi connectivity index (χ3v) is 4.64. The van der Waals surface area contributed by atoms with Crippen LogP contribution in [-0.4, -0.2) is 19.6 Å².